The smallest absolute Gasteiger partial charge is 0.335 e. The van der Waals surface area contributed by atoms with Gasteiger partial charge in [0.1, 0.15) is 9.96 Å². The summed E-state index contributed by atoms with van der Waals surface area (Å²) >= 11 is 1.15. The van der Waals surface area contributed by atoms with Crippen LogP contribution in [0.15, 0.2) is 34.5 Å². The van der Waals surface area contributed by atoms with Crippen LogP contribution in [0, 0.1) is 0 Å². The molecule has 8 heteroatoms. The van der Waals surface area contributed by atoms with Crippen LogP contribution in [0.1, 0.15) is 22.2 Å². The molecule has 0 aliphatic carbocycles. The molecule has 21 heavy (non-hydrogen) atoms. The number of thiophene rings is 1. The standard InChI is InChI=1S/C13H13NO5S2/c1-2-9-4-6-12(20-9)21(18,19)14-10-5-3-8(13(16)17)7-11(10)15/h3-7,14-15H,2H2,1H3,(H,16,17). The number of rotatable bonds is 5. The Hall–Kier alpha value is -2.06. The Morgan fingerprint density at radius 2 is 2.00 bits per heavy atom. The number of carbonyl (C=O) groups is 1. The molecular formula is C13H13NO5S2. The Bertz CT molecular complexity index is 780. The van der Waals surface area contributed by atoms with E-state index in [1.165, 1.54) is 18.2 Å². The molecule has 0 fully saturated rings. The number of aromatic hydroxyl groups is 1. The molecule has 0 saturated heterocycles. The molecule has 0 saturated carbocycles. The number of nitrogens with one attached hydrogen (secondary N) is 1. The molecule has 0 bridgehead atoms. The van der Waals surface area contributed by atoms with E-state index in [1.807, 2.05) is 6.92 Å². The lowest BCUT2D eigenvalue weighted by atomic mass is 10.2. The summed E-state index contributed by atoms with van der Waals surface area (Å²) in [4.78, 5) is 11.7. The second-order valence-electron chi connectivity index (χ2n) is 4.22. The SMILES string of the molecule is CCc1ccc(S(=O)(=O)Nc2ccc(C(=O)O)cc2O)s1. The second-order valence-corrected chi connectivity index (χ2v) is 7.29. The fourth-order valence-corrected chi connectivity index (χ4v) is 4.01. The van der Waals surface area contributed by atoms with E-state index in [2.05, 4.69) is 4.72 Å². The Morgan fingerprint density at radius 1 is 1.29 bits per heavy atom. The van der Waals surface area contributed by atoms with Crippen molar-refractivity contribution in [2.24, 2.45) is 0 Å². The van der Waals surface area contributed by atoms with Crippen molar-refractivity contribution in [3.05, 3.63) is 40.8 Å². The van der Waals surface area contributed by atoms with Crippen LogP contribution in [0.4, 0.5) is 5.69 Å². The minimum Gasteiger partial charge on any atom is -0.506 e. The number of sulfonamides is 1. The quantitative estimate of drug-likeness (QED) is 0.732. The van der Waals surface area contributed by atoms with Gasteiger partial charge in [-0.25, -0.2) is 13.2 Å². The molecule has 0 spiro atoms. The molecule has 0 radical (unpaired) electrons. The van der Waals surface area contributed by atoms with E-state index in [4.69, 9.17) is 5.11 Å². The third-order valence-electron chi connectivity index (χ3n) is 2.74. The number of anilines is 1. The summed E-state index contributed by atoms with van der Waals surface area (Å²) in [7, 11) is -3.80. The van der Waals surface area contributed by atoms with E-state index in [0.29, 0.717) is 0 Å². The average molecular weight is 327 g/mol. The lowest BCUT2D eigenvalue weighted by Gasteiger charge is -2.08. The van der Waals surface area contributed by atoms with Crippen molar-refractivity contribution in [3.8, 4) is 5.75 Å². The lowest BCUT2D eigenvalue weighted by molar-refractivity contribution is 0.0696. The molecule has 6 nitrogen and oxygen atoms in total. The first-order chi connectivity index (χ1) is 9.83. The van der Waals surface area contributed by atoms with Gasteiger partial charge in [-0.2, -0.15) is 0 Å². The molecule has 2 rings (SSSR count). The predicted molar refractivity (Wildman–Crippen MR) is 79.6 cm³/mol. The zero-order chi connectivity index (χ0) is 15.6. The Balaban J connectivity index is 2.30. The number of carboxylic acid groups (broad SMARTS) is 1. The number of carboxylic acids is 1. The molecule has 3 N–H and O–H groups in total. The normalized spacial score (nSPS) is 11.3. The number of phenolic OH excluding ortho intramolecular Hbond substituents is 1. The zero-order valence-electron chi connectivity index (χ0n) is 11.0. The molecular weight excluding hydrogens is 314 g/mol. The molecule has 1 heterocycles. The maximum Gasteiger partial charge on any atom is 0.335 e. The molecule has 112 valence electrons. The van der Waals surface area contributed by atoms with Crippen molar-refractivity contribution in [2.45, 2.75) is 17.6 Å². The largest absolute Gasteiger partial charge is 0.506 e. The van der Waals surface area contributed by atoms with Crippen LogP contribution in [0.5, 0.6) is 5.75 Å². The van der Waals surface area contributed by atoms with Crippen LogP contribution in [-0.4, -0.2) is 24.6 Å². The highest BCUT2D eigenvalue weighted by atomic mass is 32.2. The van der Waals surface area contributed by atoms with Gasteiger partial charge in [0.25, 0.3) is 10.0 Å². The highest BCUT2D eigenvalue weighted by Gasteiger charge is 2.19. The maximum atomic E-state index is 12.2. The first-order valence-corrected chi connectivity index (χ1v) is 8.31. The molecule has 2 aromatic rings. The van der Waals surface area contributed by atoms with E-state index in [0.717, 1.165) is 28.7 Å². The van der Waals surface area contributed by atoms with Gasteiger partial charge in [-0.1, -0.05) is 6.92 Å². The first-order valence-electron chi connectivity index (χ1n) is 6.01. The molecule has 1 aromatic heterocycles. The summed E-state index contributed by atoms with van der Waals surface area (Å²) in [6, 6.07) is 6.64. The number of aromatic carboxylic acids is 1. The van der Waals surface area contributed by atoms with Gasteiger partial charge < -0.3 is 10.2 Å². The van der Waals surface area contributed by atoms with E-state index < -0.39 is 21.7 Å². The third kappa shape index (κ3) is 3.34. The third-order valence-corrected chi connectivity index (χ3v) is 5.83. The van der Waals surface area contributed by atoms with Crippen LogP contribution in [0.25, 0.3) is 0 Å². The van der Waals surface area contributed by atoms with Crippen molar-refractivity contribution in [1.29, 1.82) is 0 Å². The van der Waals surface area contributed by atoms with Gasteiger partial charge in [-0.3, -0.25) is 4.72 Å². The van der Waals surface area contributed by atoms with Crippen LogP contribution < -0.4 is 4.72 Å². The van der Waals surface area contributed by atoms with Gasteiger partial charge in [0.15, 0.2) is 0 Å². The van der Waals surface area contributed by atoms with Gasteiger partial charge in [-0.15, -0.1) is 11.3 Å². The van der Waals surface area contributed by atoms with Crippen molar-refractivity contribution in [3.63, 3.8) is 0 Å². The van der Waals surface area contributed by atoms with Gasteiger partial charge in [0.05, 0.1) is 11.3 Å². The summed E-state index contributed by atoms with van der Waals surface area (Å²) < 4.78 is 26.7. The topological polar surface area (TPSA) is 104 Å². The molecule has 1 aromatic carbocycles. The molecule has 0 aliphatic rings. The molecule has 0 amide bonds. The van der Waals surface area contributed by atoms with Crippen molar-refractivity contribution >= 4 is 33.0 Å². The fraction of sp³-hybridized carbons (Fsp3) is 0.154. The van der Waals surface area contributed by atoms with Gasteiger partial charge in [0.2, 0.25) is 0 Å². The number of hydrogen-bond acceptors (Lipinski definition) is 5. The minimum absolute atomic E-state index is 0.0635. The Kier molecular flexibility index (Phi) is 4.19. The molecule has 0 atom stereocenters. The summed E-state index contributed by atoms with van der Waals surface area (Å²) in [5.41, 5.74) is -0.189. The lowest BCUT2D eigenvalue weighted by Crippen LogP contribution is -2.11. The van der Waals surface area contributed by atoms with Crippen LogP contribution in [0.3, 0.4) is 0 Å². The van der Waals surface area contributed by atoms with Crippen LogP contribution >= 0.6 is 11.3 Å². The number of benzene rings is 1. The van der Waals surface area contributed by atoms with Gasteiger partial charge >= 0.3 is 5.97 Å². The Morgan fingerprint density at radius 3 is 2.52 bits per heavy atom. The average Bonchev–Trinajstić information content (AvgIpc) is 2.90. The highest BCUT2D eigenvalue weighted by Crippen LogP contribution is 2.29. The second kappa shape index (κ2) is 5.74. The zero-order valence-corrected chi connectivity index (χ0v) is 12.7. The number of hydrogen-bond donors (Lipinski definition) is 3. The van der Waals surface area contributed by atoms with E-state index in [1.54, 1.807) is 6.07 Å². The number of phenols is 1. The predicted octanol–water partition coefficient (Wildman–Crippen LogP) is 2.52. The van der Waals surface area contributed by atoms with Crippen LogP contribution in [-0.2, 0) is 16.4 Å². The molecule has 0 aliphatic heterocycles. The van der Waals surface area contributed by atoms with E-state index in [9.17, 15) is 18.3 Å². The van der Waals surface area contributed by atoms with E-state index >= 15 is 0 Å². The van der Waals surface area contributed by atoms with E-state index in [-0.39, 0.29) is 15.5 Å². The number of aryl methyl sites for hydroxylation is 1. The minimum atomic E-state index is -3.80. The monoisotopic (exact) mass is 327 g/mol. The summed E-state index contributed by atoms with van der Waals surface area (Å²) in [6.45, 7) is 1.92. The molecule has 0 unspecified atom stereocenters. The Labute approximate surface area is 125 Å². The van der Waals surface area contributed by atoms with Crippen molar-refractivity contribution in [2.75, 3.05) is 4.72 Å². The highest BCUT2D eigenvalue weighted by molar-refractivity contribution is 7.94. The summed E-state index contributed by atoms with van der Waals surface area (Å²) in [5, 5.41) is 18.5. The fourth-order valence-electron chi connectivity index (χ4n) is 1.64. The van der Waals surface area contributed by atoms with Gasteiger partial charge in [-0.05, 0) is 36.8 Å². The first kappa shape index (κ1) is 15.3. The summed E-state index contributed by atoms with van der Waals surface area (Å²) in [6.07, 6.45) is 0.735. The van der Waals surface area contributed by atoms with Crippen LogP contribution in [0.2, 0.25) is 0 Å². The summed E-state index contributed by atoms with van der Waals surface area (Å²) in [5.74, 6) is -1.64. The van der Waals surface area contributed by atoms with Crippen molar-refractivity contribution < 1.29 is 23.4 Å². The van der Waals surface area contributed by atoms with Gasteiger partial charge in [0, 0.05) is 4.88 Å². The van der Waals surface area contributed by atoms with Crippen molar-refractivity contribution in [1.82, 2.24) is 0 Å². The maximum absolute atomic E-state index is 12.2.